The van der Waals surface area contributed by atoms with Gasteiger partial charge in [-0.3, -0.25) is 9.78 Å². The number of carbonyl (C=O) groups excluding carboxylic acids is 1. The van der Waals surface area contributed by atoms with Gasteiger partial charge in [0.15, 0.2) is 5.84 Å². The van der Waals surface area contributed by atoms with E-state index in [0.29, 0.717) is 11.4 Å². The first kappa shape index (κ1) is 17.9. The topological polar surface area (TPSA) is 66.8 Å². The lowest BCUT2D eigenvalue weighted by atomic mass is 10.2. The van der Waals surface area contributed by atoms with Crippen molar-refractivity contribution in [1.82, 2.24) is 4.98 Å². The van der Waals surface area contributed by atoms with Crippen LogP contribution in [0.25, 0.3) is 0 Å². The predicted molar refractivity (Wildman–Crippen MR) is 109 cm³/mol. The Labute approximate surface area is 163 Å². The van der Waals surface area contributed by atoms with Crippen LogP contribution in [0.1, 0.15) is 23.0 Å². The molecule has 2 heterocycles. The number of aromatic nitrogens is 1. The predicted octanol–water partition coefficient (Wildman–Crippen LogP) is 4.19. The normalized spacial score (nSPS) is 16.6. The van der Waals surface area contributed by atoms with E-state index in [1.54, 1.807) is 6.20 Å². The molecule has 1 aliphatic heterocycles. The fourth-order valence-corrected chi connectivity index (χ4v) is 2.80. The summed E-state index contributed by atoms with van der Waals surface area (Å²) in [6, 6.07) is 20.8. The zero-order chi connectivity index (χ0) is 19.5. The number of hydrogen-bond donors (Lipinski definition) is 1. The number of nitrogens with one attached hydrogen (secondary N) is 1. The van der Waals surface area contributed by atoms with Crippen LogP contribution in [0.4, 0.5) is 11.4 Å². The number of rotatable bonds is 3. The molecule has 0 fully saturated rings. The number of nitrogens with zero attached hydrogens (tertiary/aromatic N) is 3. The van der Waals surface area contributed by atoms with Gasteiger partial charge in [-0.1, -0.05) is 41.5 Å². The molecule has 1 aliphatic rings. The van der Waals surface area contributed by atoms with Crippen molar-refractivity contribution in [2.45, 2.75) is 20.1 Å². The summed E-state index contributed by atoms with van der Waals surface area (Å²) in [6.07, 6.45) is 0.946. The van der Waals surface area contributed by atoms with Crippen molar-refractivity contribution in [1.29, 1.82) is 0 Å². The maximum absolute atomic E-state index is 13.0. The van der Waals surface area contributed by atoms with E-state index in [1.165, 1.54) is 5.06 Å². The molecule has 2 aromatic carbocycles. The van der Waals surface area contributed by atoms with E-state index in [-0.39, 0.29) is 11.7 Å². The number of amides is 1. The fraction of sp³-hybridized carbons (Fsp3) is 0.136. The Hall–Kier alpha value is -3.51. The van der Waals surface area contributed by atoms with Gasteiger partial charge >= 0.3 is 5.91 Å². The van der Waals surface area contributed by atoms with Crippen LogP contribution >= 0.6 is 0 Å². The van der Waals surface area contributed by atoms with E-state index in [1.807, 2.05) is 80.6 Å². The standard InChI is InChI=1S/C22H20N4O2/c1-15-6-10-17(11-7-15)24-20-22(27)26(18-12-8-16(2)9-13-18)28-21(25-20)19-5-3-4-14-23-19/h3-14,21H,1-2H3,(H,24,25). The summed E-state index contributed by atoms with van der Waals surface area (Å²) in [5.41, 5.74) is 4.27. The third kappa shape index (κ3) is 3.77. The van der Waals surface area contributed by atoms with E-state index < -0.39 is 6.23 Å². The van der Waals surface area contributed by atoms with Crippen LogP contribution in [0.2, 0.25) is 0 Å². The van der Waals surface area contributed by atoms with Crippen LogP contribution in [-0.4, -0.2) is 16.7 Å². The molecule has 28 heavy (non-hydrogen) atoms. The summed E-state index contributed by atoms with van der Waals surface area (Å²) >= 11 is 0. The van der Waals surface area contributed by atoms with E-state index in [4.69, 9.17) is 4.84 Å². The Morgan fingerprint density at radius 2 is 1.61 bits per heavy atom. The summed E-state index contributed by atoms with van der Waals surface area (Å²) in [6.45, 7) is 4.00. The van der Waals surface area contributed by atoms with Crippen LogP contribution in [0.3, 0.4) is 0 Å². The Balaban J connectivity index is 1.70. The highest BCUT2D eigenvalue weighted by Gasteiger charge is 2.33. The highest BCUT2D eigenvalue weighted by Crippen LogP contribution is 2.28. The lowest BCUT2D eigenvalue weighted by Crippen LogP contribution is -2.44. The molecular weight excluding hydrogens is 352 g/mol. The highest BCUT2D eigenvalue weighted by atomic mass is 16.7. The van der Waals surface area contributed by atoms with Gasteiger partial charge in [0.25, 0.3) is 0 Å². The summed E-state index contributed by atoms with van der Waals surface area (Å²) in [7, 11) is 0. The van der Waals surface area contributed by atoms with Crippen LogP contribution < -0.4 is 10.4 Å². The minimum Gasteiger partial charge on any atom is -0.336 e. The first-order valence-corrected chi connectivity index (χ1v) is 9.00. The Bertz CT molecular complexity index is 999. The molecule has 0 bridgehead atoms. The largest absolute Gasteiger partial charge is 0.336 e. The molecule has 0 radical (unpaired) electrons. The number of amidine groups is 1. The van der Waals surface area contributed by atoms with Gasteiger partial charge in [0.2, 0.25) is 6.23 Å². The van der Waals surface area contributed by atoms with Crippen molar-refractivity contribution >= 4 is 23.1 Å². The van der Waals surface area contributed by atoms with Crippen LogP contribution in [0.15, 0.2) is 77.9 Å². The maximum atomic E-state index is 13.0. The number of benzene rings is 2. The number of aliphatic imine (C=N–C) groups is 1. The van der Waals surface area contributed by atoms with E-state index in [9.17, 15) is 4.79 Å². The molecule has 6 heteroatoms. The lowest BCUT2D eigenvalue weighted by molar-refractivity contribution is -0.124. The first-order chi connectivity index (χ1) is 13.6. The minimum absolute atomic E-state index is 0.200. The van der Waals surface area contributed by atoms with Gasteiger partial charge in [-0.15, -0.1) is 0 Å². The van der Waals surface area contributed by atoms with Crippen molar-refractivity contribution in [3.8, 4) is 0 Å². The van der Waals surface area contributed by atoms with Gasteiger partial charge in [-0.2, -0.15) is 5.06 Å². The van der Waals surface area contributed by atoms with Crippen molar-refractivity contribution in [3.05, 3.63) is 89.7 Å². The molecule has 0 spiro atoms. The number of aryl methyl sites for hydroxylation is 2. The Morgan fingerprint density at radius 3 is 2.25 bits per heavy atom. The maximum Gasteiger partial charge on any atom is 0.317 e. The van der Waals surface area contributed by atoms with E-state index in [2.05, 4.69) is 15.3 Å². The Kier molecular flexibility index (Phi) is 4.87. The third-order valence-electron chi connectivity index (χ3n) is 4.36. The molecule has 1 N–H and O–H groups in total. The van der Waals surface area contributed by atoms with Crippen LogP contribution in [-0.2, 0) is 9.63 Å². The van der Waals surface area contributed by atoms with Crippen LogP contribution in [0.5, 0.6) is 0 Å². The molecule has 6 nitrogen and oxygen atoms in total. The molecule has 140 valence electrons. The van der Waals surface area contributed by atoms with Gasteiger partial charge in [-0.05, 0) is 50.2 Å². The van der Waals surface area contributed by atoms with Crippen molar-refractivity contribution < 1.29 is 9.63 Å². The monoisotopic (exact) mass is 372 g/mol. The zero-order valence-electron chi connectivity index (χ0n) is 15.7. The second-order valence-electron chi connectivity index (χ2n) is 6.62. The van der Waals surface area contributed by atoms with Gasteiger partial charge in [0.05, 0.1) is 11.4 Å². The quantitative estimate of drug-likeness (QED) is 0.749. The van der Waals surface area contributed by atoms with Crippen molar-refractivity contribution in [2.24, 2.45) is 4.99 Å². The number of pyridine rings is 1. The second-order valence-corrected chi connectivity index (χ2v) is 6.62. The average molecular weight is 372 g/mol. The van der Waals surface area contributed by atoms with Gasteiger partial charge < -0.3 is 5.32 Å². The van der Waals surface area contributed by atoms with Crippen LogP contribution in [0, 0.1) is 13.8 Å². The van der Waals surface area contributed by atoms with Gasteiger partial charge in [0, 0.05) is 11.9 Å². The Morgan fingerprint density at radius 1 is 0.929 bits per heavy atom. The first-order valence-electron chi connectivity index (χ1n) is 9.00. The molecule has 0 saturated heterocycles. The second kappa shape index (κ2) is 7.62. The molecule has 1 unspecified atom stereocenters. The smallest absolute Gasteiger partial charge is 0.317 e. The molecule has 0 aliphatic carbocycles. The third-order valence-corrected chi connectivity index (χ3v) is 4.36. The number of anilines is 2. The zero-order valence-corrected chi connectivity index (χ0v) is 15.7. The summed E-state index contributed by atoms with van der Waals surface area (Å²) < 4.78 is 0. The number of hydrogen-bond acceptors (Lipinski definition) is 5. The van der Waals surface area contributed by atoms with Gasteiger partial charge in [0.1, 0.15) is 0 Å². The molecule has 1 amide bonds. The van der Waals surface area contributed by atoms with E-state index in [0.717, 1.165) is 16.8 Å². The molecule has 0 saturated carbocycles. The van der Waals surface area contributed by atoms with Crippen molar-refractivity contribution in [2.75, 3.05) is 10.4 Å². The molecule has 3 aromatic rings. The van der Waals surface area contributed by atoms with Crippen molar-refractivity contribution in [3.63, 3.8) is 0 Å². The number of carbonyl (C=O) groups is 1. The SMILES string of the molecule is Cc1ccc(NC2=NC(c3ccccn3)ON(c3ccc(C)cc3)C2=O)cc1. The highest BCUT2D eigenvalue weighted by molar-refractivity contribution is 6.46. The number of hydroxylamine groups is 1. The molecule has 1 aromatic heterocycles. The fourth-order valence-electron chi connectivity index (χ4n) is 2.80. The summed E-state index contributed by atoms with van der Waals surface area (Å²) in [4.78, 5) is 27.7. The molecule has 1 atom stereocenters. The summed E-state index contributed by atoms with van der Waals surface area (Å²) in [5.74, 6) is -0.164. The summed E-state index contributed by atoms with van der Waals surface area (Å²) in [5, 5.41) is 4.39. The lowest BCUT2D eigenvalue weighted by Gasteiger charge is -2.30. The average Bonchev–Trinajstić information content (AvgIpc) is 2.72. The minimum atomic E-state index is -0.729. The van der Waals surface area contributed by atoms with E-state index >= 15 is 0 Å². The molecule has 4 rings (SSSR count). The van der Waals surface area contributed by atoms with Gasteiger partial charge in [-0.25, -0.2) is 9.83 Å². The molecular formula is C22H20N4O2.